The summed E-state index contributed by atoms with van der Waals surface area (Å²) in [6.07, 6.45) is 1.29. The Labute approximate surface area is 131 Å². The van der Waals surface area contributed by atoms with Gasteiger partial charge in [0.2, 0.25) is 5.89 Å². The molecule has 1 heterocycles. The minimum Gasteiger partial charge on any atom is -0.507 e. The molecule has 0 saturated carbocycles. The van der Waals surface area contributed by atoms with E-state index in [0.29, 0.717) is 22.4 Å². The van der Waals surface area contributed by atoms with E-state index in [-0.39, 0.29) is 17.2 Å². The minimum atomic E-state index is -0.0542. The van der Waals surface area contributed by atoms with Crippen LogP contribution in [0.5, 0.6) is 5.75 Å². The maximum atomic E-state index is 10.0. The first-order valence-corrected chi connectivity index (χ1v) is 6.67. The van der Waals surface area contributed by atoms with Crippen LogP contribution in [0, 0.1) is 22.7 Å². The van der Waals surface area contributed by atoms with E-state index >= 15 is 0 Å². The molecule has 0 saturated heterocycles. The van der Waals surface area contributed by atoms with Crippen molar-refractivity contribution in [2.45, 2.75) is 0 Å². The number of para-hydroxylation sites is 2. The second-order valence-corrected chi connectivity index (χ2v) is 4.64. The molecule has 23 heavy (non-hydrogen) atoms. The molecule has 0 aliphatic rings. The number of aromatic hydroxyl groups is 1. The van der Waals surface area contributed by atoms with Crippen molar-refractivity contribution in [3.8, 4) is 29.3 Å². The number of phenols is 1. The van der Waals surface area contributed by atoms with Gasteiger partial charge in [-0.1, -0.05) is 12.1 Å². The Kier molecular flexibility index (Phi) is 3.65. The van der Waals surface area contributed by atoms with Crippen LogP contribution in [-0.2, 0) is 0 Å². The van der Waals surface area contributed by atoms with Crippen molar-refractivity contribution in [3.05, 3.63) is 54.2 Å². The van der Waals surface area contributed by atoms with Gasteiger partial charge in [0.25, 0.3) is 0 Å². The molecule has 0 bridgehead atoms. The van der Waals surface area contributed by atoms with Crippen molar-refractivity contribution in [1.29, 1.82) is 10.5 Å². The van der Waals surface area contributed by atoms with E-state index in [2.05, 4.69) is 10.3 Å². The number of nitriles is 2. The smallest absolute Gasteiger partial charge is 0.231 e. The molecule has 2 N–H and O–H groups in total. The molecular formula is C17H10N4O2. The summed E-state index contributed by atoms with van der Waals surface area (Å²) in [6.45, 7) is 0. The molecule has 3 aromatic rings. The predicted molar refractivity (Wildman–Crippen MR) is 84.0 cm³/mol. The van der Waals surface area contributed by atoms with Crippen LogP contribution in [0.3, 0.4) is 0 Å². The monoisotopic (exact) mass is 302 g/mol. The number of nitrogens with zero attached hydrogens (tertiary/aromatic N) is 3. The van der Waals surface area contributed by atoms with Crippen molar-refractivity contribution < 1.29 is 9.52 Å². The number of nitrogens with one attached hydrogen (secondary N) is 1. The average Bonchev–Trinajstić information content (AvgIpc) is 3.01. The average molecular weight is 302 g/mol. The molecule has 0 aliphatic heterocycles. The fourth-order valence-electron chi connectivity index (χ4n) is 2.03. The third-order valence-electron chi connectivity index (χ3n) is 3.14. The Bertz CT molecular complexity index is 941. The van der Waals surface area contributed by atoms with E-state index < -0.39 is 0 Å². The molecular weight excluding hydrogens is 292 g/mol. The molecule has 6 nitrogen and oxygen atoms in total. The molecule has 0 amide bonds. The van der Waals surface area contributed by atoms with Crippen LogP contribution in [0.15, 0.2) is 58.7 Å². The molecule has 110 valence electrons. The molecule has 1 aromatic heterocycles. The number of fused-ring (bicyclic) bond motifs is 1. The molecule has 0 atom stereocenters. The van der Waals surface area contributed by atoms with Gasteiger partial charge in [0.15, 0.2) is 5.58 Å². The van der Waals surface area contributed by atoms with Gasteiger partial charge in [-0.15, -0.1) is 0 Å². The van der Waals surface area contributed by atoms with E-state index in [1.807, 2.05) is 18.2 Å². The quantitative estimate of drug-likeness (QED) is 0.566. The van der Waals surface area contributed by atoms with E-state index in [1.54, 1.807) is 30.3 Å². The summed E-state index contributed by atoms with van der Waals surface area (Å²) < 4.78 is 5.64. The lowest BCUT2D eigenvalue weighted by Gasteiger charge is -2.05. The van der Waals surface area contributed by atoms with Crippen LogP contribution in [0.2, 0.25) is 0 Å². The molecule has 0 unspecified atom stereocenters. The first kappa shape index (κ1) is 14.2. The van der Waals surface area contributed by atoms with Crippen molar-refractivity contribution in [2.24, 2.45) is 0 Å². The zero-order valence-corrected chi connectivity index (χ0v) is 11.8. The summed E-state index contributed by atoms with van der Waals surface area (Å²) in [6, 6.07) is 15.5. The fourth-order valence-corrected chi connectivity index (χ4v) is 2.03. The number of benzene rings is 2. The number of hydrogen-bond donors (Lipinski definition) is 2. The van der Waals surface area contributed by atoms with Crippen molar-refractivity contribution in [2.75, 3.05) is 5.32 Å². The lowest BCUT2D eigenvalue weighted by atomic mass is 10.1. The van der Waals surface area contributed by atoms with Gasteiger partial charge in [-0.05, 0) is 30.3 Å². The van der Waals surface area contributed by atoms with E-state index in [4.69, 9.17) is 14.9 Å². The largest absolute Gasteiger partial charge is 0.507 e. The Balaban J connectivity index is 1.99. The third-order valence-corrected chi connectivity index (χ3v) is 3.14. The first-order valence-electron chi connectivity index (χ1n) is 6.67. The van der Waals surface area contributed by atoms with E-state index in [0.717, 1.165) is 0 Å². The molecule has 3 rings (SSSR count). The fraction of sp³-hybridized carbons (Fsp3) is 0. The van der Waals surface area contributed by atoms with E-state index in [1.165, 1.54) is 12.3 Å². The van der Waals surface area contributed by atoms with Crippen LogP contribution in [0.1, 0.15) is 0 Å². The van der Waals surface area contributed by atoms with Crippen LogP contribution in [0.4, 0.5) is 5.69 Å². The zero-order chi connectivity index (χ0) is 16.2. The first-order chi connectivity index (χ1) is 11.2. The maximum Gasteiger partial charge on any atom is 0.231 e. The van der Waals surface area contributed by atoms with Crippen molar-refractivity contribution in [3.63, 3.8) is 0 Å². The topological polar surface area (TPSA) is 106 Å². The molecule has 0 fully saturated rings. The highest BCUT2D eigenvalue weighted by atomic mass is 16.3. The molecule has 0 radical (unpaired) electrons. The Morgan fingerprint density at radius 2 is 1.96 bits per heavy atom. The van der Waals surface area contributed by atoms with Crippen LogP contribution in [-0.4, -0.2) is 10.1 Å². The highest BCUT2D eigenvalue weighted by Gasteiger charge is 2.12. The lowest BCUT2D eigenvalue weighted by Crippen LogP contribution is -1.90. The minimum absolute atomic E-state index is 0.0203. The summed E-state index contributed by atoms with van der Waals surface area (Å²) in [7, 11) is 0. The highest BCUT2D eigenvalue weighted by Crippen LogP contribution is 2.33. The van der Waals surface area contributed by atoms with Gasteiger partial charge < -0.3 is 14.8 Å². The summed E-state index contributed by atoms with van der Waals surface area (Å²) in [5.74, 6) is 0.309. The number of oxazole rings is 1. The summed E-state index contributed by atoms with van der Waals surface area (Å²) in [5.41, 5.74) is 2.26. The van der Waals surface area contributed by atoms with E-state index in [9.17, 15) is 5.11 Å². The van der Waals surface area contributed by atoms with Crippen molar-refractivity contribution >= 4 is 16.8 Å². The van der Waals surface area contributed by atoms with Gasteiger partial charge in [-0.25, -0.2) is 4.98 Å². The molecule has 0 spiro atoms. The predicted octanol–water partition coefficient (Wildman–Crippen LogP) is 3.54. The third kappa shape index (κ3) is 2.82. The van der Waals surface area contributed by atoms with Gasteiger partial charge in [0.05, 0.1) is 5.56 Å². The Hall–Kier alpha value is -3.77. The van der Waals surface area contributed by atoms with Crippen molar-refractivity contribution in [1.82, 2.24) is 4.98 Å². The Morgan fingerprint density at radius 3 is 2.70 bits per heavy atom. The van der Waals surface area contributed by atoms with Crippen LogP contribution >= 0.6 is 0 Å². The zero-order valence-electron chi connectivity index (χ0n) is 11.8. The second-order valence-electron chi connectivity index (χ2n) is 4.64. The maximum absolute atomic E-state index is 10.0. The standard InChI is InChI=1S/C17H10N4O2/c18-8-11(9-19)10-20-12-5-6-15(22)13(7-12)17-21-14-3-1-2-4-16(14)23-17/h1-7,10,20,22H. The highest BCUT2D eigenvalue weighted by molar-refractivity contribution is 5.78. The lowest BCUT2D eigenvalue weighted by molar-refractivity contribution is 0.474. The second kappa shape index (κ2) is 5.92. The number of hydrogen-bond acceptors (Lipinski definition) is 6. The van der Waals surface area contributed by atoms with Gasteiger partial charge in [0, 0.05) is 11.9 Å². The van der Waals surface area contributed by atoms with Gasteiger partial charge in [0.1, 0.15) is 29.0 Å². The number of rotatable bonds is 3. The van der Waals surface area contributed by atoms with Gasteiger partial charge in [-0.3, -0.25) is 0 Å². The number of allylic oxidation sites excluding steroid dienone is 1. The van der Waals surface area contributed by atoms with Gasteiger partial charge in [-0.2, -0.15) is 10.5 Å². The van der Waals surface area contributed by atoms with Crippen LogP contribution < -0.4 is 5.32 Å². The number of aromatic nitrogens is 1. The van der Waals surface area contributed by atoms with Gasteiger partial charge >= 0.3 is 0 Å². The normalized spacial score (nSPS) is 9.83. The van der Waals surface area contributed by atoms with Crippen LogP contribution in [0.25, 0.3) is 22.6 Å². The number of anilines is 1. The summed E-state index contributed by atoms with van der Waals surface area (Å²) in [5, 5.41) is 30.3. The summed E-state index contributed by atoms with van der Waals surface area (Å²) >= 11 is 0. The Morgan fingerprint density at radius 1 is 1.17 bits per heavy atom. The number of phenolic OH excluding ortho intramolecular Hbond substituents is 1. The molecule has 6 heteroatoms. The summed E-state index contributed by atoms with van der Waals surface area (Å²) in [4.78, 5) is 4.34. The molecule has 0 aliphatic carbocycles. The molecule has 2 aromatic carbocycles. The SMILES string of the molecule is N#CC(C#N)=CNc1ccc(O)c(-c2nc3ccccc3o2)c1.